The second-order valence-corrected chi connectivity index (χ2v) is 7.57. The number of hydrogen-bond donors (Lipinski definition) is 1. The number of ether oxygens (including phenoxy) is 1. The first-order valence-electron chi connectivity index (χ1n) is 8.15. The molecule has 130 valence electrons. The predicted molar refractivity (Wildman–Crippen MR) is 88.7 cm³/mol. The van der Waals surface area contributed by atoms with E-state index < -0.39 is 10.0 Å². The average Bonchev–Trinajstić information content (AvgIpc) is 3.09. The summed E-state index contributed by atoms with van der Waals surface area (Å²) in [5, 5.41) is 4.29. The van der Waals surface area contributed by atoms with Gasteiger partial charge in [-0.15, -0.1) is 0 Å². The van der Waals surface area contributed by atoms with E-state index >= 15 is 0 Å². The van der Waals surface area contributed by atoms with Gasteiger partial charge < -0.3 is 4.74 Å². The first-order chi connectivity index (χ1) is 11.6. The van der Waals surface area contributed by atoms with E-state index in [9.17, 15) is 8.42 Å². The van der Waals surface area contributed by atoms with Crippen LogP contribution < -0.4 is 4.72 Å². The topological polar surface area (TPSA) is 86.1 Å². The number of nitrogens with zero attached hydrogens (tertiary/aromatic N) is 3. The van der Waals surface area contributed by atoms with Crippen LogP contribution in [-0.4, -0.2) is 36.3 Å². The summed E-state index contributed by atoms with van der Waals surface area (Å²) in [4.78, 5) is 4.05. The highest BCUT2D eigenvalue weighted by Gasteiger charge is 2.31. The van der Waals surface area contributed by atoms with Crippen LogP contribution in [0.25, 0.3) is 0 Å². The maximum atomic E-state index is 12.4. The van der Waals surface area contributed by atoms with E-state index in [2.05, 4.69) is 14.8 Å². The second-order valence-electron chi connectivity index (χ2n) is 5.81. The zero-order chi connectivity index (χ0) is 17.0. The van der Waals surface area contributed by atoms with E-state index in [1.165, 1.54) is 12.3 Å². The SMILES string of the molecule is CCn1nccc1[C@@H]1OCCC[C@H]1CNS(=O)(=O)c1cccnc1. The highest BCUT2D eigenvalue weighted by Crippen LogP contribution is 2.33. The Hall–Kier alpha value is -1.77. The quantitative estimate of drug-likeness (QED) is 0.858. The predicted octanol–water partition coefficient (Wildman–Crippen LogP) is 1.74. The average molecular weight is 350 g/mol. The van der Waals surface area contributed by atoms with Gasteiger partial charge in [-0.3, -0.25) is 9.67 Å². The van der Waals surface area contributed by atoms with Crippen LogP contribution in [0.15, 0.2) is 41.7 Å². The molecule has 0 saturated carbocycles. The standard InChI is InChI=1S/C16H22N4O3S/c1-2-20-15(7-9-18-20)16-13(5-4-10-23-16)11-19-24(21,22)14-6-3-8-17-12-14/h3,6-9,12-13,16,19H,2,4-5,10-11H2,1H3/t13-,16+/m0/s1. The Kier molecular flexibility index (Phi) is 5.27. The van der Waals surface area contributed by atoms with Crippen molar-refractivity contribution < 1.29 is 13.2 Å². The molecule has 24 heavy (non-hydrogen) atoms. The number of rotatable bonds is 6. The number of aromatic nitrogens is 3. The van der Waals surface area contributed by atoms with Gasteiger partial charge in [0.25, 0.3) is 0 Å². The van der Waals surface area contributed by atoms with Crippen LogP contribution in [0, 0.1) is 5.92 Å². The Morgan fingerprint density at radius 2 is 2.25 bits per heavy atom. The van der Waals surface area contributed by atoms with Gasteiger partial charge in [-0.25, -0.2) is 13.1 Å². The van der Waals surface area contributed by atoms with Crippen LogP contribution in [-0.2, 0) is 21.3 Å². The van der Waals surface area contributed by atoms with Gasteiger partial charge in [-0.1, -0.05) is 0 Å². The first kappa shape index (κ1) is 17.1. The molecule has 2 aromatic rings. The summed E-state index contributed by atoms with van der Waals surface area (Å²) in [7, 11) is -3.56. The lowest BCUT2D eigenvalue weighted by atomic mass is 9.92. The molecule has 3 rings (SSSR count). The van der Waals surface area contributed by atoms with Crippen molar-refractivity contribution in [3.8, 4) is 0 Å². The van der Waals surface area contributed by atoms with E-state index in [1.54, 1.807) is 18.5 Å². The normalized spacial score (nSPS) is 21.7. The molecule has 2 aromatic heterocycles. The molecule has 0 spiro atoms. The molecule has 0 unspecified atom stereocenters. The maximum absolute atomic E-state index is 12.4. The lowest BCUT2D eigenvalue weighted by molar-refractivity contribution is -0.0311. The van der Waals surface area contributed by atoms with Crippen molar-refractivity contribution in [2.24, 2.45) is 5.92 Å². The maximum Gasteiger partial charge on any atom is 0.242 e. The van der Waals surface area contributed by atoms with Crippen molar-refractivity contribution in [1.82, 2.24) is 19.5 Å². The van der Waals surface area contributed by atoms with Crippen molar-refractivity contribution >= 4 is 10.0 Å². The Morgan fingerprint density at radius 1 is 1.38 bits per heavy atom. The van der Waals surface area contributed by atoms with Crippen LogP contribution in [0.4, 0.5) is 0 Å². The third kappa shape index (κ3) is 3.66. The zero-order valence-electron chi connectivity index (χ0n) is 13.6. The molecule has 0 bridgehead atoms. The largest absolute Gasteiger partial charge is 0.372 e. The fourth-order valence-electron chi connectivity index (χ4n) is 3.03. The molecule has 0 radical (unpaired) electrons. The molecule has 0 aromatic carbocycles. The van der Waals surface area contributed by atoms with Gasteiger partial charge in [-0.05, 0) is 38.0 Å². The van der Waals surface area contributed by atoms with Gasteiger partial charge >= 0.3 is 0 Å². The molecular formula is C16H22N4O3S. The molecule has 3 heterocycles. The molecular weight excluding hydrogens is 328 g/mol. The Labute approximate surface area is 142 Å². The van der Waals surface area contributed by atoms with Crippen molar-refractivity contribution in [3.05, 3.63) is 42.5 Å². The molecule has 1 saturated heterocycles. The minimum atomic E-state index is -3.56. The van der Waals surface area contributed by atoms with Crippen molar-refractivity contribution in [2.45, 2.75) is 37.3 Å². The minimum Gasteiger partial charge on any atom is -0.372 e. The molecule has 0 amide bonds. The molecule has 1 fully saturated rings. The summed E-state index contributed by atoms with van der Waals surface area (Å²) in [5.74, 6) is 0.0761. The molecule has 8 heteroatoms. The molecule has 0 aliphatic carbocycles. The van der Waals surface area contributed by atoms with Gasteiger partial charge in [0.15, 0.2) is 0 Å². The Morgan fingerprint density at radius 3 is 3.00 bits per heavy atom. The monoisotopic (exact) mass is 350 g/mol. The summed E-state index contributed by atoms with van der Waals surface area (Å²) in [6.45, 7) is 3.80. The smallest absolute Gasteiger partial charge is 0.242 e. The first-order valence-corrected chi connectivity index (χ1v) is 9.63. The summed E-state index contributed by atoms with van der Waals surface area (Å²) in [6, 6.07) is 5.10. The third-order valence-electron chi connectivity index (χ3n) is 4.27. The van der Waals surface area contributed by atoms with Crippen molar-refractivity contribution in [1.29, 1.82) is 0 Å². The minimum absolute atomic E-state index is 0.0761. The molecule has 1 aliphatic heterocycles. The molecule has 2 atom stereocenters. The lowest BCUT2D eigenvalue weighted by Crippen LogP contribution is -2.35. The van der Waals surface area contributed by atoms with E-state index in [-0.39, 0.29) is 16.9 Å². The number of sulfonamides is 1. The van der Waals surface area contributed by atoms with Crippen LogP contribution >= 0.6 is 0 Å². The molecule has 1 aliphatic rings. The Balaban J connectivity index is 1.73. The summed E-state index contributed by atoms with van der Waals surface area (Å²) >= 11 is 0. The van der Waals surface area contributed by atoms with Crippen molar-refractivity contribution in [2.75, 3.05) is 13.2 Å². The molecule has 1 N–H and O–H groups in total. The summed E-state index contributed by atoms with van der Waals surface area (Å²) < 4.78 is 35.3. The van der Waals surface area contributed by atoms with Gasteiger partial charge in [-0.2, -0.15) is 5.10 Å². The summed E-state index contributed by atoms with van der Waals surface area (Å²) in [5.41, 5.74) is 1.00. The van der Waals surface area contributed by atoms with Crippen molar-refractivity contribution in [3.63, 3.8) is 0 Å². The van der Waals surface area contributed by atoms with Crippen LogP contribution in [0.1, 0.15) is 31.6 Å². The van der Waals surface area contributed by atoms with E-state index in [0.717, 1.165) is 25.1 Å². The highest BCUT2D eigenvalue weighted by molar-refractivity contribution is 7.89. The van der Waals surface area contributed by atoms with Gasteiger partial charge in [0.05, 0.1) is 5.69 Å². The highest BCUT2D eigenvalue weighted by atomic mass is 32.2. The van der Waals surface area contributed by atoms with Crippen LogP contribution in [0.3, 0.4) is 0 Å². The van der Waals surface area contributed by atoms with Gasteiger partial charge in [0.2, 0.25) is 10.0 Å². The van der Waals surface area contributed by atoms with Crippen LogP contribution in [0.2, 0.25) is 0 Å². The fourth-order valence-corrected chi connectivity index (χ4v) is 4.09. The second kappa shape index (κ2) is 7.42. The van der Waals surface area contributed by atoms with Gasteiger partial charge in [0, 0.05) is 44.2 Å². The number of aryl methyl sites for hydroxylation is 1. The number of hydrogen-bond acceptors (Lipinski definition) is 5. The molecule has 7 nitrogen and oxygen atoms in total. The van der Waals surface area contributed by atoms with E-state index in [0.29, 0.717) is 13.2 Å². The zero-order valence-corrected chi connectivity index (χ0v) is 14.4. The Bertz CT molecular complexity index is 761. The lowest BCUT2D eigenvalue weighted by Gasteiger charge is -2.32. The van der Waals surface area contributed by atoms with Gasteiger partial charge in [0.1, 0.15) is 11.0 Å². The van der Waals surface area contributed by atoms with Crippen LogP contribution in [0.5, 0.6) is 0 Å². The fraction of sp³-hybridized carbons (Fsp3) is 0.500. The van der Waals surface area contributed by atoms with E-state index in [4.69, 9.17) is 4.74 Å². The number of pyridine rings is 1. The third-order valence-corrected chi connectivity index (χ3v) is 5.67. The summed E-state index contributed by atoms with van der Waals surface area (Å²) in [6.07, 6.45) is 6.36. The van der Waals surface area contributed by atoms with E-state index in [1.807, 2.05) is 17.7 Å². The number of nitrogens with one attached hydrogen (secondary N) is 1.